The van der Waals surface area contributed by atoms with Gasteiger partial charge in [0.1, 0.15) is 0 Å². The Morgan fingerprint density at radius 2 is 2.27 bits per heavy atom. The number of aryl methyl sites for hydroxylation is 1. The summed E-state index contributed by atoms with van der Waals surface area (Å²) in [6, 6.07) is 2.10. The molecule has 0 radical (unpaired) electrons. The highest BCUT2D eigenvalue weighted by Gasteiger charge is 1.88. The lowest BCUT2D eigenvalue weighted by Gasteiger charge is -1.72. The summed E-state index contributed by atoms with van der Waals surface area (Å²) in [4.78, 5) is 1.30. The summed E-state index contributed by atoms with van der Waals surface area (Å²) in [6.45, 7) is 4.10. The van der Waals surface area contributed by atoms with E-state index in [0.29, 0.717) is 0 Å². The van der Waals surface area contributed by atoms with Crippen molar-refractivity contribution < 1.29 is 0 Å². The Kier molecular flexibility index (Phi) is 2.60. The lowest BCUT2D eigenvalue weighted by Crippen LogP contribution is -2.16. The van der Waals surface area contributed by atoms with Crippen molar-refractivity contribution in [3.05, 3.63) is 20.7 Å². The van der Waals surface area contributed by atoms with Gasteiger partial charge in [-0.25, -0.2) is 0 Å². The van der Waals surface area contributed by atoms with Crippen LogP contribution in [-0.2, 0) is 0 Å². The molecule has 0 bridgehead atoms. The van der Waals surface area contributed by atoms with Crippen LogP contribution in [0.2, 0.25) is 0 Å². The monoisotopic (exact) mass is 165 g/mol. The zero-order chi connectivity index (χ0) is 8.27. The summed E-state index contributed by atoms with van der Waals surface area (Å²) in [5.74, 6) is 0. The molecular weight excluding hydrogens is 154 g/mol. The van der Waals surface area contributed by atoms with Crippen LogP contribution in [-0.4, -0.2) is 6.21 Å². The molecular formula is C9H11NS. The third kappa shape index (κ3) is 1.77. The third-order valence-electron chi connectivity index (χ3n) is 1.44. The number of hydrogen-bond donors (Lipinski definition) is 1. The molecule has 0 fully saturated rings. The van der Waals surface area contributed by atoms with Crippen LogP contribution in [0.4, 0.5) is 0 Å². The molecule has 0 aliphatic carbocycles. The Labute approximate surface area is 70.2 Å². The van der Waals surface area contributed by atoms with Crippen molar-refractivity contribution in [3.63, 3.8) is 0 Å². The van der Waals surface area contributed by atoms with Crippen molar-refractivity contribution in [2.45, 2.75) is 13.8 Å². The van der Waals surface area contributed by atoms with Crippen LogP contribution in [0.5, 0.6) is 0 Å². The standard InChI is InChI=1S/C9H11NS/c1-3-9-8(4-5-10)6-7(2)11-9/h3-6,10H,1-2H3/b8-4-,9-3+,10-5?. The summed E-state index contributed by atoms with van der Waals surface area (Å²) in [5, 5.41) is 8.09. The van der Waals surface area contributed by atoms with E-state index in [1.807, 2.05) is 13.0 Å². The third-order valence-corrected chi connectivity index (χ3v) is 2.57. The van der Waals surface area contributed by atoms with E-state index in [1.165, 1.54) is 15.6 Å². The smallest absolute Gasteiger partial charge is 0.0303 e. The van der Waals surface area contributed by atoms with E-state index in [-0.39, 0.29) is 0 Å². The van der Waals surface area contributed by atoms with E-state index in [0.717, 1.165) is 5.22 Å². The first-order chi connectivity index (χ1) is 5.27. The van der Waals surface area contributed by atoms with Gasteiger partial charge in [-0.05, 0) is 31.2 Å². The zero-order valence-corrected chi connectivity index (χ0v) is 7.53. The molecule has 58 valence electrons. The maximum atomic E-state index is 6.93. The van der Waals surface area contributed by atoms with E-state index in [2.05, 4.69) is 19.1 Å². The SMILES string of the molecule is C/C=c1/sc(C)c/c1=C/C=N. The van der Waals surface area contributed by atoms with E-state index in [1.54, 1.807) is 11.3 Å². The Morgan fingerprint density at radius 3 is 2.82 bits per heavy atom. The van der Waals surface area contributed by atoms with Crippen LogP contribution in [0, 0.1) is 12.3 Å². The normalized spacial score (nSPS) is 14.0. The fourth-order valence-electron chi connectivity index (χ4n) is 0.998. The lowest BCUT2D eigenvalue weighted by atomic mass is 10.3. The van der Waals surface area contributed by atoms with Crippen molar-refractivity contribution in [1.82, 2.24) is 0 Å². The van der Waals surface area contributed by atoms with E-state index in [4.69, 9.17) is 5.41 Å². The van der Waals surface area contributed by atoms with Gasteiger partial charge in [0.05, 0.1) is 0 Å². The van der Waals surface area contributed by atoms with Gasteiger partial charge in [0.2, 0.25) is 0 Å². The van der Waals surface area contributed by atoms with Crippen LogP contribution in [0.3, 0.4) is 0 Å². The molecule has 1 aromatic heterocycles. The van der Waals surface area contributed by atoms with Gasteiger partial charge in [-0.2, -0.15) is 0 Å². The predicted octanol–water partition coefficient (Wildman–Crippen LogP) is 1.29. The number of thiophene rings is 1. The van der Waals surface area contributed by atoms with Gasteiger partial charge in [0, 0.05) is 15.6 Å². The first-order valence-electron chi connectivity index (χ1n) is 3.51. The average Bonchev–Trinajstić information content (AvgIpc) is 2.32. The Bertz CT molecular complexity index is 359. The van der Waals surface area contributed by atoms with Crippen LogP contribution < -0.4 is 9.75 Å². The highest BCUT2D eigenvalue weighted by molar-refractivity contribution is 7.09. The summed E-state index contributed by atoms with van der Waals surface area (Å²) >= 11 is 1.76. The fraction of sp³-hybridized carbons (Fsp3) is 0.222. The molecule has 0 atom stereocenters. The average molecular weight is 165 g/mol. The summed E-state index contributed by atoms with van der Waals surface area (Å²) in [5.41, 5.74) is 0. The molecule has 1 aromatic rings. The molecule has 0 amide bonds. The topological polar surface area (TPSA) is 23.9 Å². The first-order valence-corrected chi connectivity index (χ1v) is 4.33. The fourth-order valence-corrected chi connectivity index (χ4v) is 1.89. The van der Waals surface area contributed by atoms with E-state index in [9.17, 15) is 0 Å². The highest BCUT2D eigenvalue weighted by Crippen LogP contribution is 1.94. The van der Waals surface area contributed by atoms with Gasteiger partial charge in [0.15, 0.2) is 0 Å². The molecule has 1 rings (SSSR count). The van der Waals surface area contributed by atoms with Gasteiger partial charge in [0.25, 0.3) is 0 Å². The van der Waals surface area contributed by atoms with Gasteiger partial charge in [-0.3, -0.25) is 0 Å². The van der Waals surface area contributed by atoms with E-state index < -0.39 is 0 Å². The number of rotatable bonds is 1. The minimum atomic E-state index is 1.16. The molecule has 0 saturated heterocycles. The Hall–Kier alpha value is -0.890. The first kappa shape index (κ1) is 8.21. The Morgan fingerprint density at radius 1 is 1.55 bits per heavy atom. The summed E-state index contributed by atoms with van der Waals surface area (Å²) in [6.07, 6.45) is 5.22. The molecule has 0 aromatic carbocycles. The maximum absolute atomic E-state index is 6.93. The van der Waals surface area contributed by atoms with Gasteiger partial charge < -0.3 is 5.41 Å². The largest absolute Gasteiger partial charge is 0.309 e. The molecule has 2 heteroatoms. The quantitative estimate of drug-likeness (QED) is 0.606. The Balaban J connectivity index is 3.47. The van der Waals surface area contributed by atoms with Gasteiger partial charge in [-0.1, -0.05) is 6.08 Å². The molecule has 0 unspecified atom stereocenters. The van der Waals surface area contributed by atoms with Crippen molar-refractivity contribution >= 4 is 29.7 Å². The molecule has 11 heavy (non-hydrogen) atoms. The minimum absolute atomic E-state index is 1.16. The second kappa shape index (κ2) is 3.49. The lowest BCUT2D eigenvalue weighted by molar-refractivity contribution is 1.57. The second-order valence-electron chi connectivity index (χ2n) is 2.30. The number of hydrogen-bond acceptors (Lipinski definition) is 2. The van der Waals surface area contributed by atoms with Crippen LogP contribution in [0.1, 0.15) is 11.8 Å². The van der Waals surface area contributed by atoms with Crippen molar-refractivity contribution in [1.29, 1.82) is 5.41 Å². The predicted molar refractivity (Wildman–Crippen MR) is 51.7 cm³/mol. The zero-order valence-electron chi connectivity index (χ0n) is 6.72. The van der Waals surface area contributed by atoms with Crippen LogP contribution in [0.25, 0.3) is 12.2 Å². The van der Waals surface area contributed by atoms with Gasteiger partial charge >= 0.3 is 0 Å². The van der Waals surface area contributed by atoms with E-state index >= 15 is 0 Å². The molecule has 0 spiro atoms. The summed E-state index contributed by atoms with van der Waals surface area (Å²) < 4.78 is 1.26. The molecule has 0 aliphatic rings. The molecule has 1 N–H and O–H groups in total. The molecule has 1 nitrogen and oxygen atoms in total. The number of nitrogens with one attached hydrogen (secondary N) is 1. The molecule has 0 saturated carbocycles. The minimum Gasteiger partial charge on any atom is -0.309 e. The second-order valence-corrected chi connectivity index (χ2v) is 3.59. The van der Waals surface area contributed by atoms with Crippen LogP contribution in [0.15, 0.2) is 6.07 Å². The molecule has 1 heterocycles. The van der Waals surface area contributed by atoms with Crippen molar-refractivity contribution in [2.24, 2.45) is 0 Å². The van der Waals surface area contributed by atoms with Crippen LogP contribution >= 0.6 is 11.3 Å². The van der Waals surface area contributed by atoms with Crippen molar-refractivity contribution in [3.8, 4) is 0 Å². The summed E-state index contributed by atoms with van der Waals surface area (Å²) in [7, 11) is 0. The maximum Gasteiger partial charge on any atom is 0.0303 e. The molecule has 0 aliphatic heterocycles. The van der Waals surface area contributed by atoms with Gasteiger partial charge in [-0.15, -0.1) is 11.3 Å². The highest BCUT2D eigenvalue weighted by atomic mass is 32.1. The van der Waals surface area contributed by atoms with Crippen molar-refractivity contribution in [2.75, 3.05) is 0 Å².